The van der Waals surface area contributed by atoms with Crippen LogP contribution in [-0.4, -0.2) is 120 Å². The first-order valence-corrected chi connectivity index (χ1v) is 55.7. The minimum absolute atomic E-state index is 0. The Morgan fingerprint density at radius 1 is 0.250 bits per heavy atom. The van der Waals surface area contributed by atoms with Crippen molar-refractivity contribution in [2.45, 2.75) is 83.1 Å². The average molecular weight is 1470 g/mol. The van der Waals surface area contributed by atoms with E-state index in [1.165, 1.54) is 91.3 Å². The van der Waals surface area contributed by atoms with Crippen molar-refractivity contribution in [3.63, 3.8) is 0 Å². The summed E-state index contributed by atoms with van der Waals surface area (Å²) in [5.74, 6) is 0. The van der Waals surface area contributed by atoms with Crippen molar-refractivity contribution in [1.29, 1.82) is 0 Å². The second kappa shape index (κ2) is 56.6. The Balaban J connectivity index is -0.000000164. The first-order chi connectivity index (χ1) is 29.0. The van der Waals surface area contributed by atoms with Crippen molar-refractivity contribution >= 4 is 138 Å². The zero-order valence-electron chi connectivity index (χ0n) is 40.7. The Bertz CT molecular complexity index is 1220. The normalized spacial score (nSPS) is 11.7. The van der Waals surface area contributed by atoms with E-state index in [0.29, 0.717) is 0 Å². The molecule has 0 bridgehead atoms. The Morgan fingerprint density at radius 2 is 0.359 bits per heavy atom. The van der Waals surface area contributed by atoms with Gasteiger partial charge in [0.1, 0.15) is 0 Å². The van der Waals surface area contributed by atoms with E-state index < -0.39 is 45.7 Å². The van der Waals surface area contributed by atoms with E-state index in [0.717, 1.165) is 0 Å². The van der Waals surface area contributed by atoms with E-state index in [9.17, 15) is 0 Å². The van der Waals surface area contributed by atoms with Gasteiger partial charge in [-0.3, -0.25) is 0 Å². The SMILES string of the molecule is CC[PH+](CC)CC.CC[PH+](CC)CC.CC[PH+](CC)CC.CC[PH+](CC)CC.[Cu+].[Cu+].[Cu+].[Cu+].[S-][As](c1ccccc1)[As]([S-])c1ccccc1.[S-][As](c1ccccc1)[As]([S-])c1ccccc1. The van der Waals surface area contributed by atoms with Gasteiger partial charge in [-0.05, 0) is 115 Å². The Kier molecular flexibility index (Phi) is 70.5. The fourth-order valence-electron chi connectivity index (χ4n) is 5.64. The molecule has 0 aromatic heterocycles. The fraction of sp³-hybridized carbons (Fsp3) is 0.500. The van der Waals surface area contributed by atoms with Gasteiger partial charge in [-0.15, -0.1) is 0 Å². The zero-order valence-corrected chi connectivity index (χ0v) is 59.2. The molecule has 4 atom stereocenters. The van der Waals surface area contributed by atoms with E-state index in [4.69, 9.17) is 43.6 Å². The molecule has 0 aliphatic carbocycles. The third kappa shape index (κ3) is 39.8. The standard InChI is InChI=1S/2C12H10As2S2.4C6H15P.4Cu/c2*15-13(11-7-3-1-4-8-11)14(16)12-9-5-2-6-10-12;4*1-4-7(5-2)6-3;;;;/h2*1-10H;4*4-6H2,1-3H3;;;;/q2*-2;;;;;4*+1/p+4. The maximum atomic E-state index is 5.72. The predicted molar refractivity (Wildman–Crippen MR) is 317 cm³/mol. The second-order valence-corrected chi connectivity index (χ2v) is 74.4. The molecule has 64 heavy (non-hydrogen) atoms. The van der Waals surface area contributed by atoms with Crippen molar-refractivity contribution in [2.75, 3.05) is 73.9 Å². The van der Waals surface area contributed by atoms with Gasteiger partial charge in [0, 0.05) is 0 Å². The van der Waals surface area contributed by atoms with E-state index in [-0.39, 0.29) is 100.0 Å². The molecule has 0 aliphatic rings. The molecule has 4 rings (SSSR count). The number of rotatable bonds is 18. The van der Waals surface area contributed by atoms with Crippen molar-refractivity contribution < 1.29 is 68.3 Å². The Labute approximate surface area is 478 Å². The van der Waals surface area contributed by atoms with Crippen LogP contribution in [0.3, 0.4) is 0 Å². The number of hydrogen-bond donors (Lipinski definition) is 0. The van der Waals surface area contributed by atoms with Crippen LogP contribution < -0.4 is 17.4 Å². The van der Waals surface area contributed by atoms with Gasteiger partial charge in [0.05, 0.1) is 73.9 Å². The first kappa shape index (κ1) is 79.7. The third-order valence-corrected chi connectivity index (χ3v) is 74.7. The van der Waals surface area contributed by atoms with Crippen LogP contribution in [0.15, 0.2) is 121 Å². The molecule has 0 heterocycles. The summed E-state index contributed by atoms with van der Waals surface area (Å²) in [4.78, 5) is 0. The summed E-state index contributed by atoms with van der Waals surface area (Å²) in [5, 5.41) is 0. The van der Waals surface area contributed by atoms with Gasteiger partial charge >= 0.3 is 296 Å². The molecule has 0 aliphatic heterocycles. The average Bonchev–Trinajstić information content (AvgIpc) is 3.32. The van der Waals surface area contributed by atoms with Crippen LogP contribution in [0.25, 0.3) is 0 Å². The molecule has 4 aromatic rings. The molecule has 0 N–H and O–H groups in total. The van der Waals surface area contributed by atoms with Crippen LogP contribution in [0.4, 0.5) is 0 Å². The summed E-state index contributed by atoms with van der Waals surface area (Å²) in [5.41, 5.74) is 0. The number of hydrogen-bond acceptors (Lipinski definition) is 4. The molecule has 0 saturated heterocycles. The maximum absolute atomic E-state index is 5.72. The zero-order chi connectivity index (χ0) is 45.6. The monoisotopic (exact) mass is 1460 g/mol. The fourth-order valence-corrected chi connectivity index (χ4v) is 44.7. The molecular weight excluding hydrogens is 1380 g/mol. The minimum atomic E-state index is -1.41. The molecule has 0 amide bonds. The van der Waals surface area contributed by atoms with Crippen LogP contribution in [0.5, 0.6) is 0 Å². The topological polar surface area (TPSA) is 0 Å². The van der Waals surface area contributed by atoms with Crippen molar-refractivity contribution in [3.05, 3.63) is 121 Å². The van der Waals surface area contributed by atoms with Crippen molar-refractivity contribution in [3.8, 4) is 0 Å². The van der Waals surface area contributed by atoms with Crippen LogP contribution in [0, 0.1) is 0 Å². The molecule has 16 heteroatoms. The second-order valence-electron chi connectivity index (χ2n) is 13.7. The van der Waals surface area contributed by atoms with E-state index in [2.05, 4.69) is 180 Å². The quantitative estimate of drug-likeness (QED) is 0.0553. The first-order valence-electron chi connectivity index (χ1n) is 22.4. The van der Waals surface area contributed by atoms with Gasteiger partial charge < -0.3 is 0 Å². The predicted octanol–water partition coefficient (Wildman–Crippen LogP) is 10.9. The van der Waals surface area contributed by atoms with Crippen molar-refractivity contribution in [1.82, 2.24) is 0 Å². The molecule has 0 radical (unpaired) electrons. The Hall–Kier alpha value is 4.31. The summed E-state index contributed by atoms with van der Waals surface area (Å²) in [7, 11) is 23.4. The molecule has 0 saturated carbocycles. The summed E-state index contributed by atoms with van der Waals surface area (Å²) < 4.78 is 5.35. The summed E-state index contributed by atoms with van der Waals surface area (Å²) in [6, 6.07) is 41.8. The molecule has 0 fully saturated rings. The van der Waals surface area contributed by atoms with Crippen LogP contribution in [-0.2, 0) is 112 Å². The van der Waals surface area contributed by atoms with Gasteiger partial charge in [-0.25, -0.2) is 0 Å². The van der Waals surface area contributed by atoms with Crippen LogP contribution >= 0.6 is 31.7 Å². The summed E-state index contributed by atoms with van der Waals surface area (Å²) >= 11 is -5.64. The summed E-state index contributed by atoms with van der Waals surface area (Å²) in [6.07, 6.45) is 17.5. The van der Waals surface area contributed by atoms with Crippen LogP contribution in [0.2, 0.25) is 0 Å². The molecule has 4 unspecified atom stereocenters. The van der Waals surface area contributed by atoms with E-state index >= 15 is 0 Å². The number of benzene rings is 4. The molecule has 0 nitrogen and oxygen atoms in total. The van der Waals surface area contributed by atoms with E-state index in [1.807, 2.05) is 24.3 Å². The van der Waals surface area contributed by atoms with Crippen molar-refractivity contribution in [2.24, 2.45) is 0 Å². The van der Waals surface area contributed by atoms with Gasteiger partial charge in [-0.2, -0.15) is 0 Å². The van der Waals surface area contributed by atoms with Gasteiger partial charge in [-0.1, -0.05) is 0 Å². The third-order valence-electron chi connectivity index (χ3n) is 10.2. The van der Waals surface area contributed by atoms with E-state index in [1.54, 1.807) is 0 Å². The van der Waals surface area contributed by atoms with Gasteiger partial charge in [0.15, 0.2) is 0 Å². The molecule has 380 valence electrons. The Morgan fingerprint density at radius 3 is 0.438 bits per heavy atom. The molecular formula is C48H84As4Cu4P4S4+4. The summed E-state index contributed by atoms with van der Waals surface area (Å²) in [6.45, 7) is 27.7. The molecule has 4 aromatic carbocycles. The van der Waals surface area contributed by atoms with Gasteiger partial charge in [0.25, 0.3) is 0 Å². The van der Waals surface area contributed by atoms with Gasteiger partial charge in [0.2, 0.25) is 0 Å². The van der Waals surface area contributed by atoms with Crippen LogP contribution in [0.1, 0.15) is 83.1 Å². The molecule has 0 spiro atoms.